The highest BCUT2D eigenvalue weighted by Gasteiger charge is 2.43. The van der Waals surface area contributed by atoms with Gasteiger partial charge < -0.3 is 14.9 Å². The summed E-state index contributed by atoms with van der Waals surface area (Å²) in [5.74, 6) is -5.35. The molecule has 1 aromatic rings. The number of aliphatic hydroxyl groups excluding tert-OH is 1. The van der Waals surface area contributed by atoms with Crippen LogP contribution in [0, 0.1) is 0 Å². The second kappa shape index (κ2) is 7.82. The minimum absolute atomic E-state index is 0.296. The summed E-state index contributed by atoms with van der Waals surface area (Å²) in [5.41, 5.74) is -2.18. The van der Waals surface area contributed by atoms with E-state index in [1.165, 1.54) is 0 Å². The predicted octanol–water partition coefficient (Wildman–Crippen LogP) is -0.589. The lowest BCUT2D eigenvalue weighted by Crippen LogP contribution is -2.30. The van der Waals surface area contributed by atoms with Crippen LogP contribution in [0.5, 0.6) is 0 Å². The number of carboxylic acids is 1. The van der Waals surface area contributed by atoms with Gasteiger partial charge in [-0.05, 0) is 6.08 Å². The van der Waals surface area contributed by atoms with Crippen LogP contribution < -0.4 is 0 Å². The maximum Gasteiger partial charge on any atom is 0.373 e. The summed E-state index contributed by atoms with van der Waals surface area (Å²) in [4.78, 5) is 13.0. The molecule has 33 heavy (non-hydrogen) atoms. The number of ether oxygens (including phenoxy) is 1. The molecule has 3 rings (SSSR count). The molecule has 1 aliphatic carbocycles. The molecule has 1 atom stereocenters. The molecule has 0 bridgehead atoms. The number of nitrogens with zero attached hydrogens (tertiary/aromatic N) is 4. The van der Waals surface area contributed by atoms with E-state index in [0.29, 0.717) is 12.2 Å². The molecule has 2 aliphatic rings. The average Bonchev–Trinajstić information content (AvgIpc) is 3.13. The lowest BCUT2D eigenvalue weighted by atomic mass is 10.0. The fourth-order valence-electron chi connectivity index (χ4n) is 2.48. The SMILES string of the molecule is O=C(O)c1nc(N=NC2=C(S(=O)(=O)O)OC3=CC(S(=O)(=O)O)=CC(S(=O)(=O)O)C3=C2O)n[nH]1. The molecule has 21 heteroatoms. The van der Waals surface area contributed by atoms with Gasteiger partial charge in [-0.2, -0.15) is 30.2 Å². The molecule has 0 aromatic carbocycles. The van der Waals surface area contributed by atoms with Crippen molar-refractivity contribution >= 4 is 42.3 Å². The van der Waals surface area contributed by atoms with Crippen molar-refractivity contribution in [3.05, 3.63) is 50.8 Å². The van der Waals surface area contributed by atoms with Crippen LogP contribution in [-0.4, -0.2) is 75.5 Å². The van der Waals surface area contributed by atoms with Crippen LogP contribution >= 0.6 is 0 Å². The first-order valence-corrected chi connectivity index (χ1v) is 12.2. The highest BCUT2D eigenvalue weighted by atomic mass is 32.2. The number of carbonyl (C=O) groups is 1. The Hall–Kier alpha value is -3.50. The number of nitrogens with one attached hydrogen (secondary N) is 1. The number of hydrogen-bond donors (Lipinski definition) is 6. The first kappa shape index (κ1) is 24.1. The van der Waals surface area contributed by atoms with E-state index in [9.17, 15) is 48.8 Å². The number of aromatic nitrogens is 3. The smallest absolute Gasteiger partial charge is 0.373 e. The minimum atomic E-state index is -5.39. The molecular formula is C12H9N5O13S3. The summed E-state index contributed by atoms with van der Waals surface area (Å²) in [6.07, 6.45) is 0.695. The lowest BCUT2D eigenvalue weighted by Gasteiger charge is -2.27. The number of fused-ring (bicyclic) bond motifs is 1. The van der Waals surface area contributed by atoms with E-state index in [-0.39, 0.29) is 0 Å². The van der Waals surface area contributed by atoms with E-state index >= 15 is 0 Å². The van der Waals surface area contributed by atoms with Crippen molar-refractivity contribution in [1.29, 1.82) is 0 Å². The Labute approximate surface area is 182 Å². The quantitative estimate of drug-likeness (QED) is 0.199. The van der Waals surface area contributed by atoms with Crippen LogP contribution in [0.4, 0.5) is 5.95 Å². The zero-order valence-electron chi connectivity index (χ0n) is 15.2. The second-order valence-corrected chi connectivity index (χ2v) is 10.2. The van der Waals surface area contributed by atoms with Crippen LogP contribution in [0.1, 0.15) is 10.6 Å². The Morgan fingerprint density at radius 3 is 2.18 bits per heavy atom. The molecule has 1 aromatic heterocycles. The van der Waals surface area contributed by atoms with E-state index in [0.717, 1.165) is 0 Å². The van der Waals surface area contributed by atoms with E-state index in [4.69, 9.17) is 9.84 Å². The largest absolute Gasteiger partial charge is 0.505 e. The van der Waals surface area contributed by atoms with Gasteiger partial charge in [-0.3, -0.25) is 18.8 Å². The molecule has 0 amide bonds. The predicted molar refractivity (Wildman–Crippen MR) is 100 cm³/mol. The van der Waals surface area contributed by atoms with Crippen LogP contribution in [0.3, 0.4) is 0 Å². The summed E-state index contributed by atoms with van der Waals surface area (Å²) in [6.45, 7) is 0. The fraction of sp³-hybridized carbons (Fsp3) is 0.0833. The molecule has 18 nitrogen and oxygen atoms in total. The number of aromatic amines is 1. The standard InChI is InChI=1S/C12H9N5O13S3/c18-8-6-4(1-3(31(21,22)23)2-5(6)32(24,25)26)30-11(33(27,28)29)7(8)14-16-12-13-9(10(19)20)15-17-12/h1-2,5,18H,(H,19,20)(H,13,15,17)(H,21,22,23)(H,24,25,26)(H,27,28,29). The summed E-state index contributed by atoms with van der Waals surface area (Å²) in [6, 6.07) is 0. The average molecular weight is 527 g/mol. The monoisotopic (exact) mass is 527 g/mol. The molecule has 1 unspecified atom stereocenters. The molecule has 178 valence electrons. The van der Waals surface area contributed by atoms with Gasteiger partial charge in [-0.25, -0.2) is 4.79 Å². The van der Waals surface area contributed by atoms with Crippen molar-refractivity contribution in [2.75, 3.05) is 0 Å². The Balaban J connectivity index is 2.25. The van der Waals surface area contributed by atoms with Crippen molar-refractivity contribution in [3.63, 3.8) is 0 Å². The number of H-pyrrole nitrogens is 1. The summed E-state index contributed by atoms with van der Waals surface area (Å²) < 4.78 is 103. The summed E-state index contributed by atoms with van der Waals surface area (Å²) >= 11 is 0. The van der Waals surface area contributed by atoms with E-state index in [1.54, 1.807) is 0 Å². The first-order valence-electron chi connectivity index (χ1n) is 7.78. The van der Waals surface area contributed by atoms with Crippen LogP contribution in [0.2, 0.25) is 0 Å². The topological polar surface area (TPSA) is 296 Å². The molecule has 0 saturated carbocycles. The molecule has 0 saturated heterocycles. The summed E-state index contributed by atoms with van der Waals surface area (Å²) in [7, 11) is -15.8. The number of azo groups is 1. The number of rotatable bonds is 6. The van der Waals surface area contributed by atoms with E-state index < -0.39 is 86.1 Å². The normalized spacial score (nSPS) is 19.8. The first-order chi connectivity index (χ1) is 15.0. The van der Waals surface area contributed by atoms with Gasteiger partial charge in [0.05, 0.1) is 10.5 Å². The van der Waals surface area contributed by atoms with Gasteiger partial charge in [0.25, 0.3) is 31.3 Å². The van der Waals surface area contributed by atoms with Gasteiger partial charge >= 0.3 is 16.1 Å². The molecule has 0 fully saturated rings. The zero-order chi connectivity index (χ0) is 24.9. The van der Waals surface area contributed by atoms with Gasteiger partial charge in [0.1, 0.15) is 11.0 Å². The maximum atomic E-state index is 11.8. The number of hydrogen-bond acceptors (Lipinski definition) is 13. The van der Waals surface area contributed by atoms with Crippen LogP contribution in [-0.2, 0) is 35.1 Å². The molecule has 0 radical (unpaired) electrons. The van der Waals surface area contributed by atoms with Gasteiger partial charge in [0.2, 0.25) is 5.82 Å². The Kier molecular flexibility index (Phi) is 5.72. The number of aromatic carboxylic acids is 1. The Morgan fingerprint density at radius 2 is 1.70 bits per heavy atom. The lowest BCUT2D eigenvalue weighted by molar-refractivity contribution is 0.0684. The summed E-state index contributed by atoms with van der Waals surface area (Å²) in [5, 5.41) is 27.0. The third kappa shape index (κ3) is 4.81. The molecule has 2 heterocycles. The van der Waals surface area contributed by atoms with Crippen molar-refractivity contribution in [3.8, 4) is 0 Å². The number of aliphatic hydroxyl groups is 1. The van der Waals surface area contributed by atoms with Crippen LogP contribution in [0.25, 0.3) is 0 Å². The van der Waals surface area contributed by atoms with Gasteiger partial charge in [-0.15, -0.1) is 15.3 Å². The molecule has 6 N–H and O–H groups in total. The molecule has 1 aliphatic heterocycles. The maximum absolute atomic E-state index is 11.8. The van der Waals surface area contributed by atoms with Crippen LogP contribution in [0.15, 0.2) is 55.2 Å². The highest BCUT2D eigenvalue weighted by Crippen LogP contribution is 2.41. The van der Waals surface area contributed by atoms with Crippen molar-refractivity contribution in [2.45, 2.75) is 5.25 Å². The Morgan fingerprint density at radius 1 is 1.06 bits per heavy atom. The number of allylic oxidation sites excluding steroid dienone is 2. The van der Waals surface area contributed by atoms with E-state index in [2.05, 4.69) is 20.3 Å². The number of carboxylic acid groups (broad SMARTS) is 1. The highest BCUT2D eigenvalue weighted by molar-refractivity contribution is 7.90. The van der Waals surface area contributed by atoms with E-state index in [1.807, 2.05) is 5.10 Å². The van der Waals surface area contributed by atoms with Gasteiger partial charge in [-0.1, -0.05) is 0 Å². The second-order valence-electron chi connectivity index (χ2n) is 5.95. The van der Waals surface area contributed by atoms with Crippen molar-refractivity contribution in [1.82, 2.24) is 15.2 Å². The fourth-order valence-corrected chi connectivity index (χ4v) is 4.55. The minimum Gasteiger partial charge on any atom is -0.505 e. The third-order valence-electron chi connectivity index (χ3n) is 3.78. The molecular weight excluding hydrogens is 518 g/mol. The Bertz CT molecular complexity index is 1540. The van der Waals surface area contributed by atoms with Crippen molar-refractivity contribution in [2.24, 2.45) is 10.2 Å². The molecule has 0 spiro atoms. The zero-order valence-corrected chi connectivity index (χ0v) is 17.7. The van der Waals surface area contributed by atoms with Gasteiger partial charge in [0, 0.05) is 6.08 Å². The van der Waals surface area contributed by atoms with Crippen molar-refractivity contribution < 1.29 is 58.7 Å². The third-order valence-corrected chi connectivity index (χ3v) is 6.39. The van der Waals surface area contributed by atoms with Gasteiger partial charge in [0.15, 0.2) is 11.5 Å².